The van der Waals surface area contributed by atoms with Gasteiger partial charge in [-0.3, -0.25) is 19.3 Å². The summed E-state index contributed by atoms with van der Waals surface area (Å²) in [5.41, 5.74) is 6.81. The predicted octanol–water partition coefficient (Wildman–Crippen LogP) is 4.67. The monoisotopic (exact) mass is 597 g/mol. The van der Waals surface area contributed by atoms with Crippen LogP contribution >= 0.6 is 24.0 Å². The summed E-state index contributed by atoms with van der Waals surface area (Å²) >= 11 is 7.01. The molecule has 2 heterocycles. The molecule has 0 spiro atoms. The molecule has 1 aliphatic heterocycles. The molecule has 1 aromatic carbocycles. The first-order valence-corrected chi connectivity index (χ1v) is 15.2. The van der Waals surface area contributed by atoms with E-state index >= 15 is 0 Å². The number of thioether (sulfide) groups is 1. The number of hydrogen-bond donors (Lipinski definition) is 2. The third kappa shape index (κ3) is 6.62. The van der Waals surface area contributed by atoms with Crippen molar-refractivity contribution in [2.24, 2.45) is 17.6 Å². The Labute approximate surface area is 249 Å². The van der Waals surface area contributed by atoms with Crippen molar-refractivity contribution < 1.29 is 28.3 Å². The van der Waals surface area contributed by atoms with E-state index in [1.165, 1.54) is 31.0 Å². The Hall–Kier alpha value is -3.31. The summed E-state index contributed by atoms with van der Waals surface area (Å²) in [7, 11) is 3.18. The van der Waals surface area contributed by atoms with Crippen molar-refractivity contribution in [2.75, 3.05) is 20.8 Å². The van der Waals surface area contributed by atoms with E-state index in [0.29, 0.717) is 63.5 Å². The third-order valence-electron chi connectivity index (χ3n) is 8.14. The van der Waals surface area contributed by atoms with Crippen molar-refractivity contribution in [2.45, 2.75) is 57.4 Å². The van der Waals surface area contributed by atoms with Crippen LogP contribution in [0.1, 0.15) is 56.3 Å². The Bertz CT molecular complexity index is 1360. The normalized spacial score (nSPS) is 22.5. The summed E-state index contributed by atoms with van der Waals surface area (Å²) in [4.78, 5) is 38.9. The van der Waals surface area contributed by atoms with Crippen LogP contribution in [0.25, 0.3) is 17.4 Å². The predicted molar refractivity (Wildman–Crippen MR) is 161 cm³/mol. The molecule has 2 aliphatic carbocycles. The van der Waals surface area contributed by atoms with Crippen LogP contribution in [0.15, 0.2) is 33.6 Å². The summed E-state index contributed by atoms with van der Waals surface area (Å²) in [5.74, 6) is 2.91. The molecule has 3 aliphatic rings. The van der Waals surface area contributed by atoms with Gasteiger partial charge in [-0.05, 0) is 67.7 Å². The Balaban J connectivity index is 1.37. The van der Waals surface area contributed by atoms with E-state index in [1.807, 2.05) is 23.1 Å². The summed E-state index contributed by atoms with van der Waals surface area (Å²) in [5, 5.41) is 2.82. The van der Waals surface area contributed by atoms with Crippen LogP contribution < -0.4 is 20.5 Å². The molecule has 2 bridgehead atoms. The van der Waals surface area contributed by atoms with Gasteiger partial charge >= 0.3 is 0 Å². The second-order valence-electron chi connectivity index (χ2n) is 10.8. The number of aryl methyl sites for hydroxylation is 1. The van der Waals surface area contributed by atoms with Crippen LogP contribution in [-0.2, 0) is 20.8 Å². The first-order valence-electron chi connectivity index (χ1n) is 13.9. The fourth-order valence-corrected chi connectivity index (χ4v) is 7.44. The number of hydrogen-bond acceptors (Lipinski definition) is 8. The number of rotatable bonds is 12. The van der Waals surface area contributed by atoms with Gasteiger partial charge in [0.1, 0.15) is 27.3 Å². The van der Waals surface area contributed by atoms with Gasteiger partial charge < -0.3 is 24.9 Å². The highest BCUT2D eigenvalue weighted by atomic mass is 32.2. The van der Waals surface area contributed by atoms with Gasteiger partial charge in [0.15, 0.2) is 0 Å². The molecule has 3 amide bonds. The smallest absolute Gasteiger partial charge is 0.266 e. The van der Waals surface area contributed by atoms with Crippen molar-refractivity contribution in [1.82, 2.24) is 10.2 Å². The number of nitrogens with one attached hydrogen (secondary N) is 1. The first kappa shape index (κ1) is 29.2. The molecule has 1 saturated heterocycles. The Morgan fingerprint density at radius 1 is 1.15 bits per heavy atom. The van der Waals surface area contributed by atoms with Crippen LogP contribution in [0.4, 0.5) is 0 Å². The second-order valence-corrected chi connectivity index (χ2v) is 12.5. The van der Waals surface area contributed by atoms with Crippen molar-refractivity contribution in [3.05, 3.63) is 40.5 Å². The third-order valence-corrected chi connectivity index (χ3v) is 9.47. The summed E-state index contributed by atoms with van der Waals surface area (Å²) in [6, 6.07) is 7.66. The number of carbonyl (C=O) groups excluding carboxylic acids is 3. The van der Waals surface area contributed by atoms with E-state index in [9.17, 15) is 14.4 Å². The number of methoxy groups -OCH3 is 2. The number of thiocarbonyl (C=S) groups is 1. The van der Waals surface area contributed by atoms with Gasteiger partial charge in [-0.2, -0.15) is 0 Å². The number of nitrogens with two attached hydrogens (primary N) is 1. The van der Waals surface area contributed by atoms with Crippen LogP contribution in [0.2, 0.25) is 0 Å². The summed E-state index contributed by atoms with van der Waals surface area (Å²) < 4.78 is 17.8. The topological polar surface area (TPSA) is 124 Å². The lowest BCUT2D eigenvalue weighted by Crippen LogP contribution is -2.41. The number of fused-ring (bicyclic) bond motifs is 2. The average molecular weight is 598 g/mol. The molecule has 3 N–H and O–H groups in total. The van der Waals surface area contributed by atoms with Crippen LogP contribution in [0, 0.1) is 11.8 Å². The van der Waals surface area contributed by atoms with E-state index in [2.05, 4.69) is 5.32 Å². The minimum Gasteiger partial charge on any atom is -0.497 e. The van der Waals surface area contributed by atoms with Crippen molar-refractivity contribution >= 4 is 52.1 Å². The number of amides is 3. The van der Waals surface area contributed by atoms with Crippen LogP contribution in [0.3, 0.4) is 0 Å². The van der Waals surface area contributed by atoms with E-state index in [4.69, 9.17) is 31.8 Å². The van der Waals surface area contributed by atoms with Gasteiger partial charge in [-0.25, -0.2) is 0 Å². The molecule has 2 saturated carbocycles. The van der Waals surface area contributed by atoms with Crippen molar-refractivity contribution in [3.8, 4) is 22.8 Å². The van der Waals surface area contributed by atoms with Gasteiger partial charge in [0.05, 0.1) is 19.1 Å². The van der Waals surface area contributed by atoms with Crippen molar-refractivity contribution in [1.29, 1.82) is 0 Å². The number of carbonyl (C=O) groups is 3. The molecule has 1 aromatic heterocycles. The standard InChI is InChI=1S/C30H35N3O6S2/c1-37-21-12-20(13-22(15-21)38-2)24-14-19(4-3-9-32-28(35)8-7-27(31)34)25(39-24)16-26-29(36)33(30(40)41-26)23-11-17-5-6-18(23)10-17/h12-18,23H,3-11H2,1-2H3,(H2,31,34)(H,32,35). The lowest BCUT2D eigenvalue weighted by Gasteiger charge is -2.30. The van der Waals surface area contributed by atoms with E-state index < -0.39 is 5.91 Å². The first-order chi connectivity index (χ1) is 19.7. The molecule has 0 radical (unpaired) electrons. The SMILES string of the molecule is COc1cc(OC)cc(-c2cc(CCCNC(=O)CCC(N)=O)c(C=C3SC(=S)N(C4CC5CCC4C5)C3=O)o2)c1. The van der Waals surface area contributed by atoms with Gasteiger partial charge in [0.25, 0.3) is 5.91 Å². The number of nitrogens with zero attached hydrogens (tertiary/aromatic N) is 1. The highest BCUT2D eigenvalue weighted by Gasteiger charge is 2.48. The Morgan fingerprint density at radius 2 is 1.90 bits per heavy atom. The molecule has 2 aromatic rings. The zero-order valence-corrected chi connectivity index (χ0v) is 24.9. The Kier molecular flexibility index (Phi) is 9.03. The number of ether oxygens (including phenoxy) is 2. The lowest BCUT2D eigenvalue weighted by atomic mass is 9.94. The average Bonchev–Trinajstić information content (AvgIpc) is 3.74. The minimum atomic E-state index is -0.504. The van der Waals surface area contributed by atoms with E-state index in [1.54, 1.807) is 26.4 Å². The quantitative estimate of drug-likeness (QED) is 0.206. The highest BCUT2D eigenvalue weighted by Crippen LogP contribution is 2.49. The van der Waals surface area contributed by atoms with Gasteiger partial charge in [-0.15, -0.1) is 0 Å². The van der Waals surface area contributed by atoms with Crippen LogP contribution in [-0.4, -0.2) is 53.7 Å². The second kappa shape index (κ2) is 12.7. The van der Waals surface area contributed by atoms with Gasteiger partial charge in [0.2, 0.25) is 11.8 Å². The minimum absolute atomic E-state index is 0.0193. The lowest BCUT2D eigenvalue weighted by molar-refractivity contribution is -0.125. The van der Waals surface area contributed by atoms with E-state index in [0.717, 1.165) is 17.5 Å². The summed E-state index contributed by atoms with van der Waals surface area (Å²) in [6.45, 7) is 0.427. The molecule has 5 rings (SSSR count). The molecule has 3 fully saturated rings. The molecule has 9 nitrogen and oxygen atoms in total. The van der Waals surface area contributed by atoms with E-state index in [-0.39, 0.29) is 30.7 Å². The Morgan fingerprint density at radius 3 is 2.54 bits per heavy atom. The molecule has 3 atom stereocenters. The maximum atomic E-state index is 13.6. The number of furan rings is 1. The molecule has 11 heteroatoms. The molecule has 41 heavy (non-hydrogen) atoms. The molecule has 3 unspecified atom stereocenters. The fraction of sp³-hybridized carbons (Fsp3) is 0.467. The molecular weight excluding hydrogens is 562 g/mol. The maximum Gasteiger partial charge on any atom is 0.266 e. The highest BCUT2D eigenvalue weighted by molar-refractivity contribution is 8.26. The van der Waals surface area contributed by atoms with Gasteiger partial charge in [-0.1, -0.05) is 30.4 Å². The van der Waals surface area contributed by atoms with Crippen LogP contribution in [0.5, 0.6) is 11.5 Å². The molecular formula is C30H35N3O6S2. The summed E-state index contributed by atoms with van der Waals surface area (Å²) in [6.07, 6.45) is 7.76. The zero-order valence-electron chi connectivity index (χ0n) is 23.3. The van der Waals surface area contributed by atoms with Gasteiger partial charge in [0, 0.05) is 43.1 Å². The fourth-order valence-electron chi connectivity index (χ4n) is 6.10. The molecule has 218 valence electrons. The number of primary amides is 1. The van der Waals surface area contributed by atoms with Crippen molar-refractivity contribution in [3.63, 3.8) is 0 Å². The zero-order chi connectivity index (χ0) is 29.1. The number of benzene rings is 1. The maximum absolute atomic E-state index is 13.6. The largest absolute Gasteiger partial charge is 0.497 e.